The summed E-state index contributed by atoms with van der Waals surface area (Å²) >= 11 is 0. The van der Waals surface area contributed by atoms with Crippen LogP contribution < -0.4 is 0 Å². The minimum Gasteiger partial charge on any atom is -0.475 e. The molecule has 1 atom stereocenters. The highest BCUT2D eigenvalue weighted by atomic mass is 19.4. The van der Waals surface area contributed by atoms with E-state index in [-0.39, 0.29) is 17.2 Å². The Bertz CT molecular complexity index is 775. The van der Waals surface area contributed by atoms with Gasteiger partial charge in [-0.1, -0.05) is 6.07 Å². The topological polar surface area (TPSA) is 94.1 Å². The smallest absolute Gasteiger partial charge is 0.475 e. The fraction of sp³-hybridized carbons (Fsp3) is 0.579. The average Bonchev–Trinajstić information content (AvgIpc) is 2.81. The Morgan fingerprint density at radius 3 is 2.33 bits per heavy atom. The molecule has 1 aromatic rings. The zero-order chi connectivity index (χ0) is 22.5. The Hall–Kier alpha value is -2.69. The predicted molar refractivity (Wildman–Crippen MR) is 100 cm³/mol. The molecule has 3 heterocycles. The second-order valence-electron chi connectivity index (χ2n) is 7.70. The van der Waals surface area contributed by atoms with Crippen LogP contribution in [0.4, 0.5) is 13.2 Å². The third kappa shape index (κ3) is 6.41. The molecule has 8 nitrogen and oxygen atoms in total. The molecule has 11 heteroatoms. The summed E-state index contributed by atoms with van der Waals surface area (Å²) in [6.07, 6.45) is -2.76. The van der Waals surface area contributed by atoms with Crippen LogP contribution in [-0.2, 0) is 20.9 Å². The second kappa shape index (κ2) is 9.41. The number of likely N-dealkylation sites (tertiary alicyclic amines) is 1. The summed E-state index contributed by atoms with van der Waals surface area (Å²) in [6.45, 7) is 6.10. The number of halogens is 3. The molecular weight excluding hydrogens is 405 g/mol. The number of nitrogens with zero attached hydrogens (tertiary/aromatic N) is 4. The van der Waals surface area contributed by atoms with E-state index in [4.69, 9.17) is 9.90 Å². The number of amides is 2. The summed E-state index contributed by atoms with van der Waals surface area (Å²) in [7, 11) is 1.85. The summed E-state index contributed by atoms with van der Waals surface area (Å²) in [5.41, 5.74) is 0.861. The molecule has 2 fully saturated rings. The average molecular weight is 430 g/mol. The Morgan fingerprint density at radius 1 is 1.20 bits per heavy atom. The van der Waals surface area contributed by atoms with E-state index in [9.17, 15) is 22.8 Å². The van der Waals surface area contributed by atoms with Gasteiger partial charge in [-0.15, -0.1) is 0 Å². The van der Waals surface area contributed by atoms with Crippen molar-refractivity contribution in [3.63, 3.8) is 0 Å². The monoisotopic (exact) mass is 430 g/mol. The third-order valence-corrected chi connectivity index (χ3v) is 5.10. The molecule has 0 bridgehead atoms. The lowest BCUT2D eigenvalue weighted by Crippen LogP contribution is -2.43. The van der Waals surface area contributed by atoms with E-state index >= 15 is 0 Å². The lowest BCUT2D eigenvalue weighted by Gasteiger charge is -2.33. The van der Waals surface area contributed by atoms with Crippen LogP contribution in [0.25, 0.3) is 0 Å². The SMILES string of the molecule is CC(=O)N1CCN(Cc2ccccn2)CC2(CC(=O)N(C)C2)C1.O=C(O)C(F)(F)F. The van der Waals surface area contributed by atoms with Gasteiger partial charge in [-0.05, 0) is 12.1 Å². The number of pyridine rings is 1. The third-order valence-electron chi connectivity index (χ3n) is 5.10. The van der Waals surface area contributed by atoms with Crippen molar-refractivity contribution in [3.05, 3.63) is 30.1 Å². The minimum atomic E-state index is -5.08. The maximum Gasteiger partial charge on any atom is 0.490 e. The maximum atomic E-state index is 12.1. The molecule has 1 aromatic heterocycles. The maximum absolute atomic E-state index is 12.1. The number of carbonyl (C=O) groups is 3. The fourth-order valence-electron chi connectivity index (χ4n) is 3.79. The summed E-state index contributed by atoms with van der Waals surface area (Å²) < 4.78 is 31.7. The zero-order valence-electron chi connectivity index (χ0n) is 16.9. The molecule has 0 radical (unpaired) electrons. The largest absolute Gasteiger partial charge is 0.490 e. The normalized spacial score (nSPS) is 22.5. The summed E-state index contributed by atoms with van der Waals surface area (Å²) in [5, 5.41) is 7.12. The number of carbonyl (C=O) groups excluding carboxylic acids is 2. The molecule has 1 spiro atoms. The van der Waals surface area contributed by atoms with Crippen LogP contribution >= 0.6 is 0 Å². The molecule has 0 aromatic carbocycles. The number of carboxylic acid groups (broad SMARTS) is 1. The Morgan fingerprint density at radius 2 is 1.87 bits per heavy atom. The highest BCUT2D eigenvalue weighted by Gasteiger charge is 2.45. The number of rotatable bonds is 2. The van der Waals surface area contributed by atoms with Gasteiger partial charge in [-0.2, -0.15) is 13.2 Å². The van der Waals surface area contributed by atoms with Gasteiger partial charge in [0.05, 0.1) is 5.69 Å². The molecule has 2 amide bonds. The Balaban J connectivity index is 0.000000396. The molecule has 2 aliphatic rings. The molecule has 2 saturated heterocycles. The van der Waals surface area contributed by atoms with Crippen LogP contribution in [0.3, 0.4) is 0 Å². The Labute approximate surface area is 172 Å². The van der Waals surface area contributed by atoms with E-state index in [2.05, 4.69) is 9.88 Å². The van der Waals surface area contributed by atoms with Crippen molar-refractivity contribution < 1.29 is 32.7 Å². The molecule has 166 valence electrons. The number of aromatic nitrogens is 1. The lowest BCUT2D eigenvalue weighted by molar-refractivity contribution is -0.192. The number of alkyl halides is 3. The number of carboxylic acids is 1. The standard InChI is InChI=1S/C17H24N4O2.C2HF3O2/c1-14(22)21-8-7-20(10-15-5-3-4-6-18-15)12-17(13-21)9-16(23)19(2)11-17;3-2(4,5)1(6)7/h3-6H,7-13H2,1-2H3;(H,6,7). The fourth-order valence-corrected chi connectivity index (χ4v) is 3.79. The number of hydrogen-bond acceptors (Lipinski definition) is 5. The van der Waals surface area contributed by atoms with Crippen LogP contribution in [0.15, 0.2) is 24.4 Å². The first kappa shape index (κ1) is 23.6. The van der Waals surface area contributed by atoms with E-state index in [1.54, 1.807) is 18.0 Å². The van der Waals surface area contributed by atoms with Gasteiger partial charge in [0.25, 0.3) is 0 Å². The molecule has 1 N–H and O–H groups in total. The minimum absolute atomic E-state index is 0.0889. The second-order valence-corrected chi connectivity index (χ2v) is 7.70. The first-order valence-corrected chi connectivity index (χ1v) is 9.34. The predicted octanol–water partition coefficient (Wildman–Crippen LogP) is 1.23. The summed E-state index contributed by atoms with van der Waals surface area (Å²) in [6, 6.07) is 5.92. The van der Waals surface area contributed by atoms with Crippen molar-refractivity contribution in [2.24, 2.45) is 5.41 Å². The number of hydrogen-bond donors (Lipinski definition) is 1. The van der Waals surface area contributed by atoms with Gasteiger partial charge < -0.3 is 14.9 Å². The van der Waals surface area contributed by atoms with Gasteiger partial charge in [0.1, 0.15) is 0 Å². The van der Waals surface area contributed by atoms with Gasteiger partial charge in [0, 0.05) is 71.3 Å². The van der Waals surface area contributed by atoms with E-state index < -0.39 is 12.1 Å². The van der Waals surface area contributed by atoms with Crippen molar-refractivity contribution in [3.8, 4) is 0 Å². The molecule has 0 saturated carbocycles. The lowest BCUT2D eigenvalue weighted by atomic mass is 9.86. The molecule has 2 aliphatic heterocycles. The van der Waals surface area contributed by atoms with Crippen molar-refractivity contribution in [1.82, 2.24) is 19.7 Å². The van der Waals surface area contributed by atoms with E-state index in [0.29, 0.717) is 26.1 Å². The summed E-state index contributed by atoms with van der Waals surface area (Å²) in [5.74, 6) is -2.49. The van der Waals surface area contributed by atoms with Crippen LogP contribution in [0, 0.1) is 5.41 Å². The van der Waals surface area contributed by atoms with Gasteiger partial charge in [-0.3, -0.25) is 19.5 Å². The number of aliphatic carboxylic acids is 1. The highest BCUT2D eigenvalue weighted by Crippen LogP contribution is 2.34. The molecule has 3 rings (SSSR count). The molecular formula is C19H25F3N4O4. The molecule has 0 aliphatic carbocycles. The van der Waals surface area contributed by atoms with Crippen LogP contribution in [-0.4, -0.2) is 88.5 Å². The van der Waals surface area contributed by atoms with Gasteiger partial charge in [0.15, 0.2) is 0 Å². The summed E-state index contributed by atoms with van der Waals surface area (Å²) in [4.78, 5) is 43.3. The molecule has 1 unspecified atom stereocenters. The zero-order valence-corrected chi connectivity index (χ0v) is 16.9. The first-order chi connectivity index (χ1) is 13.9. The highest BCUT2D eigenvalue weighted by molar-refractivity contribution is 5.80. The van der Waals surface area contributed by atoms with Crippen LogP contribution in [0.1, 0.15) is 19.0 Å². The van der Waals surface area contributed by atoms with E-state index in [1.807, 2.05) is 30.1 Å². The van der Waals surface area contributed by atoms with Crippen molar-refractivity contribution in [2.45, 2.75) is 26.1 Å². The van der Waals surface area contributed by atoms with E-state index in [1.165, 1.54) is 0 Å². The van der Waals surface area contributed by atoms with Crippen LogP contribution in [0.2, 0.25) is 0 Å². The van der Waals surface area contributed by atoms with Gasteiger partial charge in [-0.25, -0.2) is 4.79 Å². The molecule has 30 heavy (non-hydrogen) atoms. The van der Waals surface area contributed by atoms with Crippen molar-refractivity contribution in [1.29, 1.82) is 0 Å². The van der Waals surface area contributed by atoms with Crippen LogP contribution in [0.5, 0.6) is 0 Å². The van der Waals surface area contributed by atoms with E-state index in [0.717, 1.165) is 25.3 Å². The quantitative estimate of drug-likeness (QED) is 0.759. The van der Waals surface area contributed by atoms with Crippen molar-refractivity contribution >= 4 is 17.8 Å². The van der Waals surface area contributed by atoms with Gasteiger partial charge in [0.2, 0.25) is 11.8 Å². The van der Waals surface area contributed by atoms with Crippen molar-refractivity contribution in [2.75, 3.05) is 39.8 Å². The van der Waals surface area contributed by atoms with Gasteiger partial charge >= 0.3 is 12.1 Å². The Kier molecular flexibility index (Phi) is 7.40. The first-order valence-electron chi connectivity index (χ1n) is 9.34.